The summed E-state index contributed by atoms with van der Waals surface area (Å²) in [5.41, 5.74) is 2.09. The fourth-order valence-corrected chi connectivity index (χ4v) is 2.72. The van der Waals surface area contributed by atoms with E-state index in [1.54, 1.807) is 18.7 Å². The molecule has 0 heterocycles. The molecule has 2 aromatic carbocycles. The van der Waals surface area contributed by atoms with Gasteiger partial charge in [0.25, 0.3) is 0 Å². The summed E-state index contributed by atoms with van der Waals surface area (Å²) in [6, 6.07) is 14.0. The van der Waals surface area contributed by atoms with E-state index in [0.717, 1.165) is 15.4 Å². The number of halogens is 1. The lowest BCUT2D eigenvalue weighted by atomic mass is 10.1. The molecule has 0 unspecified atom stereocenters. The first-order valence-electron chi connectivity index (χ1n) is 5.78. The lowest BCUT2D eigenvalue weighted by Crippen LogP contribution is -1.90. The average Bonchev–Trinajstić information content (AvgIpc) is 2.34. The Morgan fingerprint density at radius 3 is 2.33 bits per heavy atom. The number of aryl methyl sites for hydroxylation is 1. The van der Waals surface area contributed by atoms with Gasteiger partial charge in [0.15, 0.2) is 0 Å². The third-order valence-electron chi connectivity index (χ3n) is 2.69. The van der Waals surface area contributed by atoms with Gasteiger partial charge in [-0.2, -0.15) is 0 Å². The van der Waals surface area contributed by atoms with Crippen LogP contribution >= 0.6 is 23.4 Å². The zero-order valence-corrected chi connectivity index (χ0v) is 11.9. The third kappa shape index (κ3) is 3.29. The van der Waals surface area contributed by atoms with Crippen molar-refractivity contribution in [3.63, 3.8) is 0 Å². The van der Waals surface area contributed by atoms with Crippen molar-refractivity contribution in [3.8, 4) is 0 Å². The first-order valence-corrected chi connectivity index (χ1v) is 6.98. The van der Waals surface area contributed by atoms with Crippen LogP contribution in [0.5, 0.6) is 0 Å². The maximum absolute atomic E-state index is 9.49. The van der Waals surface area contributed by atoms with Crippen LogP contribution in [-0.2, 0) is 0 Å². The summed E-state index contributed by atoms with van der Waals surface area (Å²) in [6.45, 7) is 3.80. The van der Waals surface area contributed by atoms with Crippen LogP contribution in [-0.4, -0.2) is 5.11 Å². The van der Waals surface area contributed by atoms with E-state index in [1.165, 1.54) is 5.56 Å². The second-order valence-corrected chi connectivity index (χ2v) is 5.80. The molecule has 0 aliphatic carbocycles. The molecule has 0 saturated carbocycles. The average molecular weight is 279 g/mol. The number of aliphatic hydroxyl groups excluding tert-OH is 1. The Morgan fingerprint density at radius 2 is 1.78 bits per heavy atom. The number of rotatable bonds is 3. The van der Waals surface area contributed by atoms with E-state index < -0.39 is 6.10 Å². The van der Waals surface area contributed by atoms with Crippen LogP contribution in [0.3, 0.4) is 0 Å². The van der Waals surface area contributed by atoms with Crippen molar-refractivity contribution >= 4 is 23.4 Å². The van der Waals surface area contributed by atoms with E-state index in [1.807, 2.05) is 18.2 Å². The van der Waals surface area contributed by atoms with Gasteiger partial charge in [-0.05, 0) is 43.7 Å². The van der Waals surface area contributed by atoms with E-state index in [4.69, 9.17) is 11.6 Å². The maximum Gasteiger partial charge on any atom is 0.0762 e. The Bertz CT molecular complexity index is 535. The molecule has 0 aromatic heterocycles. The van der Waals surface area contributed by atoms with E-state index in [9.17, 15) is 5.11 Å². The van der Waals surface area contributed by atoms with Crippen LogP contribution in [0, 0.1) is 6.92 Å². The molecule has 1 nitrogen and oxygen atoms in total. The highest BCUT2D eigenvalue weighted by Crippen LogP contribution is 2.34. The van der Waals surface area contributed by atoms with Gasteiger partial charge in [-0.3, -0.25) is 0 Å². The standard InChI is InChI=1S/C15H15ClOS/c1-10-3-6-13(7-4-10)18-15-8-5-12(11(2)17)9-14(15)16/h3-9,11,17H,1-2H3/t11-/m1/s1. The molecule has 94 valence electrons. The van der Waals surface area contributed by atoms with E-state index in [-0.39, 0.29) is 0 Å². The molecule has 0 fully saturated rings. The van der Waals surface area contributed by atoms with Gasteiger partial charge in [0.05, 0.1) is 11.1 Å². The van der Waals surface area contributed by atoms with Gasteiger partial charge in [-0.15, -0.1) is 0 Å². The van der Waals surface area contributed by atoms with Crippen molar-refractivity contribution in [1.29, 1.82) is 0 Å². The second kappa shape index (κ2) is 5.79. The van der Waals surface area contributed by atoms with Gasteiger partial charge >= 0.3 is 0 Å². The topological polar surface area (TPSA) is 20.2 Å². The molecule has 3 heteroatoms. The molecule has 0 amide bonds. The van der Waals surface area contributed by atoms with Crippen LogP contribution in [0.15, 0.2) is 52.3 Å². The molecule has 0 saturated heterocycles. The normalized spacial score (nSPS) is 12.4. The number of benzene rings is 2. The summed E-state index contributed by atoms with van der Waals surface area (Å²) in [4.78, 5) is 2.16. The smallest absolute Gasteiger partial charge is 0.0762 e. The first-order chi connectivity index (χ1) is 8.56. The fourth-order valence-electron chi connectivity index (χ4n) is 1.59. The summed E-state index contributed by atoms with van der Waals surface area (Å²) in [6.07, 6.45) is -0.485. The summed E-state index contributed by atoms with van der Waals surface area (Å²) in [5, 5.41) is 10.2. The summed E-state index contributed by atoms with van der Waals surface area (Å²) < 4.78 is 0. The van der Waals surface area contributed by atoms with Crippen LogP contribution in [0.4, 0.5) is 0 Å². The summed E-state index contributed by atoms with van der Waals surface area (Å²) >= 11 is 7.85. The molecular weight excluding hydrogens is 264 g/mol. The Labute approximate surface area is 117 Å². The predicted octanol–water partition coefficient (Wildman–Crippen LogP) is 4.85. The third-order valence-corrected chi connectivity index (χ3v) is 4.20. The van der Waals surface area contributed by atoms with Crippen molar-refractivity contribution in [3.05, 3.63) is 58.6 Å². The molecule has 0 aliphatic rings. The van der Waals surface area contributed by atoms with Gasteiger partial charge < -0.3 is 5.11 Å². The zero-order valence-electron chi connectivity index (χ0n) is 10.4. The molecule has 0 radical (unpaired) electrons. The molecule has 2 rings (SSSR count). The van der Waals surface area contributed by atoms with Crippen molar-refractivity contribution in [2.24, 2.45) is 0 Å². The highest BCUT2D eigenvalue weighted by atomic mass is 35.5. The predicted molar refractivity (Wildman–Crippen MR) is 77.4 cm³/mol. The molecule has 0 bridgehead atoms. The van der Waals surface area contributed by atoms with Crippen molar-refractivity contribution in [2.75, 3.05) is 0 Å². The van der Waals surface area contributed by atoms with Gasteiger partial charge in [0.1, 0.15) is 0 Å². The SMILES string of the molecule is Cc1ccc(Sc2ccc([C@@H](C)O)cc2Cl)cc1. The monoisotopic (exact) mass is 278 g/mol. The van der Waals surface area contributed by atoms with Crippen LogP contribution in [0.1, 0.15) is 24.2 Å². The van der Waals surface area contributed by atoms with Gasteiger partial charge in [0, 0.05) is 9.79 Å². The van der Waals surface area contributed by atoms with Crippen molar-refractivity contribution in [1.82, 2.24) is 0 Å². The Kier molecular flexibility index (Phi) is 4.33. The summed E-state index contributed by atoms with van der Waals surface area (Å²) in [7, 11) is 0. The van der Waals surface area contributed by atoms with E-state index in [0.29, 0.717) is 5.02 Å². The number of hydrogen-bond acceptors (Lipinski definition) is 2. The minimum atomic E-state index is -0.485. The van der Waals surface area contributed by atoms with Gasteiger partial charge in [-0.25, -0.2) is 0 Å². The molecule has 18 heavy (non-hydrogen) atoms. The van der Waals surface area contributed by atoms with Gasteiger partial charge in [0.2, 0.25) is 0 Å². The zero-order chi connectivity index (χ0) is 13.1. The number of aliphatic hydroxyl groups is 1. The molecule has 1 atom stereocenters. The Morgan fingerprint density at radius 1 is 1.11 bits per heavy atom. The molecular formula is C15H15ClOS. The molecule has 2 aromatic rings. The van der Waals surface area contributed by atoms with E-state index >= 15 is 0 Å². The highest BCUT2D eigenvalue weighted by Gasteiger charge is 2.07. The van der Waals surface area contributed by atoms with Crippen LogP contribution in [0.2, 0.25) is 5.02 Å². The fraction of sp³-hybridized carbons (Fsp3) is 0.200. The quantitative estimate of drug-likeness (QED) is 0.866. The number of hydrogen-bond donors (Lipinski definition) is 1. The lowest BCUT2D eigenvalue weighted by molar-refractivity contribution is 0.199. The molecule has 0 aliphatic heterocycles. The van der Waals surface area contributed by atoms with Crippen molar-refractivity contribution < 1.29 is 5.11 Å². The summed E-state index contributed by atoms with van der Waals surface area (Å²) in [5.74, 6) is 0. The van der Waals surface area contributed by atoms with Crippen LogP contribution < -0.4 is 0 Å². The second-order valence-electron chi connectivity index (χ2n) is 4.28. The lowest BCUT2D eigenvalue weighted by Gasteiger charge is -2.09. The first kappa shape index (κ1) is 13.5. The van der Waals surface area contributed by atoms with Crippen LogP contribution in [0.25, 0.3) is 0 Å². The Balaban J connectivity index is 2.22. The minimum Gasteiger partial charge on any atom is -0.389 e. The Hall–Kier alpha value is -0.960. The molecule has 1 N–H and O–H groups in total. The largest absolute Gasteiger partial charge is 0.389 e. The van der Waals surface area contributed by atoms with E-state index in [2.05, 4.69) is 31.2 Å². The van der Waals surface area contributed by atoms with Gasteiger partial charge in [-0.1, -0.05) is 47.1 Å². The highest BCUT2D eigenvalue weighted by molar-refractivity contribution is 7.99. The van der Waals surface area contributed by atoms with Crippen molar-refractivity contribution in [2.45, 2.75) is 29.7 Å². The molecule has 0 spiro atoms. The minimum absolute atomic E-state index is 0.485. The maximum atomic E-state index is 9.49.